The van der Waals surface area contributed by atoms with E-state index in [4.69, 9.17) is 9.15 Å². The lowest BCUT2D eigenvalue weighted by Gasteiger charge is -2.33. The number of aromatic nitrogens is 2. The zero-order chi connectivity index (χ0) is 23.7. The van der Waals surface area contributed by atoms with Crippen LogP contribution in [0.15, 0.2) is 57.9 Å². The van der Waals surface area contributed by atoms with Gasteiger partial charge in [-0.05, 0) is 61.3 Å². The summed E-state index contributed by atoms with van der Waals surface area (Å²) in [6.45, 7) is 3.17. The standard InChI is InChI=1S/C26H30N4O4/c1-29-21-7-6-17(14-24(21)34-26(29)32)15-28-18-9-12-30(13-10-18)16-22(31)19-8-11-27-25-20(19)4-3-5-23(25)33-2/h3-8,11,14,18,22,28,31H,9-10,12-13,15-16H2,1-2H3/t22-/m1/s1. The predicted molar refractivity (Wildman–Crippen MR) is 131 cm³/mol. The number of aryl methyl sites for hydroxylation is 1. The van der Waals surface area contributed by atoms with E-state index in [2.05, 4.69) is 15.2 Å². The Kier molecular flexibility index (Phi) is 6.36. The molecule has 2 N–H and O–H groups in total. The predicted octanol–water partition coefficient (Wildman–Crippen LogP) is 2.98. The minimum absolute atomic E-state index is 0.339. The average Bonchev–Trinajstić information content (AvgIpc) is 3.15. The first-order valence-corrected chi connectivity index (χ1v) is 11.7. The summed E-state index contributed by atoms with van der Waals surface area (Å²) in [7, 11) is 3.35. The van der Waals surface area contributed by atoms with Gasteiger partial charge in [0.05, 0.1) is 18.7 Å². The number of β-amino-alcohol motifs (C(OH)–C–C–N with tert-alkyl or cyclic N) is 1. The molecule has 2 aromatic carbocycles. The van der Waals surface area contributed by atoms with Gasteiger partial charge in [0.2, 0.25) is 0 Å². The Morgan fingerprint density at radius 1 is 1.24 bits per heavy atom. The van der Waals surface area contributed by atoms with E-state index in [1.54, 1.807) is 20.4 Å². The summed E-state index contributed by atoms with van der Waals surface area (Å²) in [5, 5.41) is 15.6. The molecule has 3 heterocycles. The molecule has 1 aliphatic heterocycles. The lowest BCUT2D eigenvalue weighted by atomic mass is 10.0. The third-order valence-electron chi connectivity index (χ3n) is 6.82. The first kappa shape index (κ1) is 22.6. The topological polar surface area (TPSA) is 92.8 Å². The number of methoxy groups -OCH3 is 1. The van der Waals surface area contributed by atoms with E-state index in [9.17, 15) is 9.90 Å². The summed E-state index contributed by atoms with van der Waals surface area (Å²) in [5.74, 6) is 0.376. The van der Waals surface area contributed by atoms with Crippen molar-refractivity contribution in [3.63, 3.8) is 0 Å². The second-order valence-corrected chi connectivity index (χ2v) is 8.96. The van der Waals surface area contributed by atoms with Crippen LogP contribution in [0.5, 0.6) is 5.75 Å². The van der Waals surface area contributed by atoms with E-state index in [0.717, 1.165) is 60.0 Å². The van der Waals surface area contributed by atoms with Gasteiger partial charge in [-0.25, -0.2) is 4.79 Å². The third kappa shape index (κ3) is 4.44. The molecule has 4 aromatic rings. The van der Waals surface area contributed by atoms with Gasteiger partial charge < -0.3 is 24.5 Å². The van der Waals surface area contributed by atoms with Crippen molar-refractivity contribution >= 4 is 22.0 Å². The number of hydrogen-bond donors (Lipinski definition) is 2. The molecule has 5 rings (SSSR count). The Hall–Kier alpha value is -3.20. The number of hydrogen-bond acceptors (Lipinski definition) is 7. The summed E-state index contributed by atoms with van der Waals surface area (Å²) < 4.78 is 12.2. The molecule has 0 amide bonds. The Balaban J connectivity index is 1.16. The van der Waals surface area contributed by atoms with Crippen molar-refractivity contribution in [3.8, 4) is 5.75 Å². The van der Waals surface area contributed by atoms with Crippen molar-refractivity contribution in [3.05, 3.63) is 70.3 Å². The van der Waals surface area contributed by atoms with Crippen LogP contribution in [0.25, 0.3) is 22.0 Å². The fourth-order valence-electron chi connectivity index (χ4n) is 4.84. The first-order chi connectivity index (χ1) is 16.5. The molecule has 1 aliphatic rings. The Labute approximate surface area is 197 Å². The maximum atomic E-state index is 11.7. The monoisotopic (exact) mass is 462 g/mol. The van der Waals surface area contributed by atoms with E-state index in [1.807, 2.05) is 42.5 Å². The molecule has 0 spiro atoms. The third-order valence-corrected chi connectivity index (χ3v) is 6.82. The number of rotatable bonds is 7. The molecule has 1 saturated heterocycles. The number of pyridine rings is 1. The zero-order valence-electron chi connectivity index (χ0n) is 19.5. The number of nitrogens with zero attached hydrogens (tertiary/aromatic N) is 3. The van der Waals surface area contributed by atoms with Crippen molar-refractivity contribution in [1.82, 2.24) is 19.8 Å². The number of benzene rings is 2. The summed E-state index contributed by atoms with van der Waals surface area (Å²) >= 11 is 0. The van der Waals surface area contributed by atoms with Crippen LogP contribution in [0.1, 0.15) is 30.1 Å². The summed E-state index contributed by atoms with van der Waals surface area (Å²) in [4.78, 5) is 18.5. The van der Waals surface area contributed by atoms with Gasteiger partial charge in [-0.3, -0.25) is 9.55 Å². The smallest absolute Gasteiger partial charge is 0.419 e. The fraction of sp³-hybridized carbons (Fsp3) is 0.385. The molecule has 0 saturated carbocycles. The number of aliphatic hydroxyl groups is 1. The minimum atomic E-state index is -0.589. The van der Waals surface area contributed by atoms with Crippen LogP contribution in [0, 0.1) is 0 Å². The molecule has 8 heteroatoms. The van der Waals surface area contributed by atoms with Gasteiger partial charge in [0, 0.05) is 37.8 Å². The summed E-state index contributed by atoms with van der Waals surface area (Å²) in [5.41, 5.74) is 4.18. The fourth-order valence-corrected chi connectivity index (χ4v) is 4.84. The van der Waals surface area contributed by atoms with Crippen LogP contribution in [0.2, 0.25) is 0 Å². The number of piperidine rings is 1. The van der Waals surface area contributed by atoms with Crippen molar-refractivity contribution in [1.29, 1.82) is 0 Å². The number of aliphatic hydroxyl groups excluding tert-OH is 1. The molecular weight excluding hydrogens is 432 g/mol. The highest BCUT2D eigenvalue weighted by atomic mass is 16.5. The number of ether oxygens (including phenoxy) is 1. The van der Waals surface area contributed by atoms with Crippen LogP contribution >= 0.6 is 0 Å². The van der Waals surface area contributed by atoms with Crippen LogP contribution in [0.4, 0.5) is 0 Å². The van der Waals surface area contributed by atoms with Crippen LogP contribution in [-0.4, -0.2) is 52.3 Å². The van der Waals surface area contributed by atoms with Gasteiger partial charge in [0.25, 0.3) is 0 Å². The quantitative estimate of drug-likeness (QED) is 0.436. The first-order valence-electron chi connectivity index (χ1n) is 11.7. The molecule has 0 radical (unpaired) electrons. The van der Waals surface area contributed by atoms with Gasteiger partial charge in [-0.1, -0.05) is 18.2 Å². The van der Waals surface area contributed by atoms with Gasteiger partial charge in [-0.2, -0.15) is 0 Å². The Bertz CT molecular complexity index is 1350. The van der Waals surface area contributed by atoms with Crippen molar-refractivity contribution in [2.45, 2.75) is 31.5 Å². The second-order valence-electron chi connectivity index (χ2n) is 8.96. The molecule has 34 heavy (non-hydrogen) atoms. The zero-order valence-corrected chi connectivity index (χ0v) is 19.5. The molecule has 0 bridgehead atoms. The summed E-state index contributed by atoms with van der Waals surface area (Å²) in [6.07, 6.45) is 3.17. The minimum Gasteiger partial charge on any atom is -0.494 e. The molecular formula is C26H30N4O4. The maximum Gasteiger partial charge on any atom is 0.419 e. The second kappa shape index (κ2) is 9.58. The van der Waals surface area contributed by atoms with E-state index in [0.29, 0.717) is 23.9 Å². The van der Waals surface area contributed by atoms with Crippen molar-refractivity contribution in [2.24, 2.45) is 7.05 Å². The van der Waals surface area contributed by atoms with Gasteiger partial charge in [0.15, 0.2) is 5.58 Å². The van der Waals surface area contributed by atoms with Crippen LogP contribution in [0.3, 0.4) is 0 Å². The average molecular weight is 463 g/mol. The highest BCUT2D eigenvalue weighted by molar-refractivity contribution is 5.87. The Morgan fingerprint density at radius 3 is 2.85 bits per heavy atom. The molecule has 1 atom stereocenters. The van der Waals surface area contributed by atoms with Crippen LogP contribution in [-0.2, 0) is 13.6 Å². The highest BCUT2D eigenvalue weighted by Gasteiger charge is 2.22. The molecule has 2 aromatic heterocycles. The number of fused-ring (bicyclic) bond motifs is 2. The van der Waals surface area contributed by atoms with Gasteiger partial charge in [-0.15, -0.1) is 0 Å². The maximum absolute atomic E-state index is 11.7. The van der Waals surface area contributed by atoms with Crippen molar-refractivity contribution < 1.29 is 14.3 Å². The number of likely N-dealkylation sites (tertiary alicyclic amines) is 1. The van der Waals surface area contributed by atoms with E-state index in [1.165, 1.54) is 4.57 Å². The molecule has 0 aliphatic carbocycles. The largest absolute Gasteiger partial charge is 0.494 e. The van der Waals surface area contributed by atoms with E-state index in [-0.39, 0.29) is 5.76 Å². The number of para-hydroxylation sites is 1. The van der Waals surface area contributed by atoms with Gasteiger partial charge >= 0.3 is 5.76 Å². The SMILES string of the molecule is COc1cccc2c([C@H](O)CN3CCC(NCc4ccc5c(c4)oc(=O)n5C)CC3)ccnc12. The normalized spacial score (nSPS) is 16.3. The number of nitrogens with one attached hydrogen (secondary N) is 1. The van der Waals surface area contributed by atoms with E-state index < -0.39 is 6.10 Å². The van der Waals surface area contributed by atoms with Crippen molar-refractivity contribution in [2.75, 3.05) is 26.7 Å². The molecule has 0 unspecified atom stereocenters. The molecule has 8 nitrogen and oxygen atoms in total. The highest BCUT2D eigenvalue weighted by Crippen LogP contribution is 2.29. The lowest BCUT2D eigenvalue weighted by Crippen LogP contribution is -2.43. The molecule has 178 valence electrons. The lowest BCUT2D eigenvalue weighted by molar-refractivity contribution is 0.0949. The summed E-state index contributed by atoms with van der Waals surface area (Å²) in [6, 6.07) is 14.0. The van der Waals surface area contributed by atoms with Crippen LogP contribution < -0.4 is 15.8 Å². The van der Waals surface area contributed by atoms with Gasteiger partial charge in [0.1, 0.15) is 11.3 Å². The van der Waals surface area contributed by atoms with E-state index >= 15 is 0 Å². The number of oxazole rings is 1. The Morgan fingerprint density at radius 2 is 2.06 bits per heavy atom. The molecule has 1 fully saturated rings.